The summed E-state index contributed by atoms with van der Waals surface area (Å²) in [6.07, 6.45) is 3.48. The molecule has 0 bridgehead atoms. The third-order valence-corrected chi connectivity index (χ3v) is 3.22. The molecule has 1 heterocycles. The Kier molecular flexibility index (Phi) is 3.18. The van der Waals surface area contributed by atoms with E-state index in [0.29, 0.717) is 6.42 Å². The predicted molar refractivity (Wildman–Crippen MR) is 68.7 cm³/mol. The van der Waals surface area contributed by atoms with Gasteiger partial charge in [-0.3, -0.25) is 0 Å². The molecule has 0 saturated heterocycles. The van der Waals surface area contributed by atoms with E-state index in [-0.39, 0.29) is 5.92 Å². The predicted octanol–water partition coefficient (Wildman–Crippen LogP) is 3.18. The highest BCUT2D eigenvalue weighted by Gasteiger charge is 2.12. The summed E-state index contributed by atoms with van der Waals surface area (Å²) in [5.41, 5.74) is 3.36. The van der Waals surface area contributed by atoms with Crippen molar-refractivity contribution in [1.82, 2.24) is 4.98 Å². The van der Waals surface area contributed by atoms with Gasteiger partial charge in [-0.25, -0.2) is 0 Å². The highest BCUT2D eigenvalue weighted by molar-refractivity contribution is 5.89. The van der Waals surface area contributed by atoms with Crippen molar-refractivity contribution in [3.8, 4) is 5.75 Å². The summed E-state index contributed by atoms with van der Waals surface area (Å²) in [7, 11) is 1.67. The van der Waals surface area contributed by atoms with Gasteiger partial charge in [-0.05, 0) is 36.1 Å². The summed E-state index contributed by atoms with van der Waals surface area (Å²) in [4.78, 5) is 13.8. The number of carbonyl (C=O) groups is 1. The SMILES string of the molecule is COc1cc(C(C)CC=O)cc2c(C)c[nH]c12. The molecule has 1 aromatic heterocycles. The third-order valence-electron chi connectivity index (χ3n) is 3.22. The molecule has 3 heteroatoms. The van der Waals surface area contributed by atoms with Crippen molar-refractivity contribution in [2.45, 2.75) is 26.2 Å². The number of rotatable bonds is 4. The number of aromatic nitrogens is 1. The highest BCUT2D eigenvalue weighted by Crippen LogP contribution is 2.32. The molecule has 0 amide bonds. The molecule has 1 N–H and O–H groups in total. The highest BCUT2D eigenvalue weighted by atomic mass is 16.5. The van der Waals surface area contributed by atoms with Crippen LogP contribution in [0.2, 0.25) is 0 Å². The van der Waals surface area contributed by atoms with Crippen LogP contribution >= 0.6 is 0 Å². The number of methoxy groups -OCH3 is 1. The van der Waals surface area contributed by atoms with Crippen LogP contribution in [0.1, 0.15) is 30.4 Å². The van der Waals surface area contributed by atoms with Gasteiger partial charge in [0.25, 0.3) is 0 Å². The van der Waals surface area contributed by atoms with E-state index in [2.05, 4.69) is 24.9 Å². The zero-order valence-electron chi connectivity index (χ0n) is 10.4. The molecule has 0 aliphatic rings. The van der Waals surface area contributed by atoms with Crippen LogP contribution in [0, 0.1) is 6.92 Å². The Labute approximate surface area is 101 Å². The molecule has 0 aliphatic heterocycles. The van der Waals surface area contributed by atoms with Gasteiger partial charge in [0.05, 0.1) is 12.6 Å². The first-order valence-corrected chi connectivity index (χ1v) is 5.76. The molecule has 2 aromatic rings. The number of fused-ring (bicyclic) bond motifs is 1. The van der Waals surface area contributed by atoms with Crippen LogP contribution in [-0.2, 0) is 4.79 Å². The van der Waals surface area contributed by atoms with Gasteiger partial charge < -0.3 is 14.5 Å². The second-order valence-electron chi connectivity index (χ2n) is 4.42. The molecule has 1 unspecified atom stereocenters. The van der Waals surface area contributed by atoms with Crippen LogP contribution in [0.25, 0.3) is 10.9 Å². The van der Waals surface area contributed by atoms with Gasteiger partial charge in [0.2, 0.25) is 0 Å². The second-order valence-corrected chi connectivity index (χ2v) is 4.42. The molecule has 3 nitrogen and oxygen atoms in total. The third kappa shape index (κ3) is 2.05. The molecular formula is C14H17NO2. The van der Waals surface area contributed by atoms with Crippen LogP contribution in [-0.4, -0.2) is 18.4 Å². The average molecular weight is 231 g/mol. The number of nitrogens with one attached hydrogen (secondary N) is 1. The minimum atomic E-state index is 0.222. The molecule has 0 aliphatic carbocycles. The molecule has 2 rings (SSSR count). The van der Waals surface area contributed by atoms with Crippen molar-refractivity contribution >= 4 is 17.2 Å². The standard InChI is InChI=1S/C14H17NO2/c1-9(4-5-16)11-6-12-10(2)8-15-14(12)13(7-11)17-3/h5-9,15H,4H2,1-3H3. The average Bonchev–Trinajstić information content (AvgIpc) is 2.70. The first-order chi connectivity index (χ1) is 8.17. The lowest BCUT2D eigenvalue weighted by Crippen LogP contribution is -1.96. The van der Waals surface area contributed by atoms with Gasteiger partial charge in [0.15, 0.2) is 0 Å². The van der Waals surface area contributed by atoms with Crippen LogP contribution in [0.3, 0.4) is 0 Å². The number of aromatic amines is 1. The van der Waals surface area contributed by atoms with Crippen LogP contribution < -0.4 is 4.74 Å². The van der Waals surface area contributed by atoms with Crippen molar-refractivity contribution in [2.24, 2.45) is 0 Å². The van der Waals surface area contributed by atoms with Crippen LogP contribution in [0.15, 0.2) is 18.3 Å². The molecule has 1 atom stereocenters. The number of aldehydes is 1. The summed E-state index contributed by atoms with van der Waals surface area (Å²) in [5, 5.41) is 1.16. The molecule has 1 aromatic carbocycles. The minimum Gasteiger partial charge on any atom is -0.495 e. The lowest BCUT2D eigenvalue weighted by Gasteiger charge is -2.11. The smallest absolute Gasteiger partial charge is 0.143 e. The van der Waals surface area contributed by atoms with E-state index in [1.807, 2.05) is 12.3 Å². The molecule has 17 heavy (non-hydrogen) atoms. The maximum absolute atomic E-state index is 10.6. The number of H-pyrrole nitrogens is 1. The molecule has 0 saturated carbocycles. The van der Waals surface area contributed by atoms with Gasteiger partial charge in [0.1, 0.15) is 12.0 Å². The number of ether oxygens (including phenoxy) is 1. The monoisotopic (exact) mass is 231 g/mol. The molecule has 0 radical (unpaired) electrons. The van der Waals surface area contributed by atoms with Crippen molar-refractivity contribution in [3.05, 3.63) is 29.5 Å². The maximum atomic E-state index is 10.6. The fraction of sp³-hybridized carbons (Fsp3) is 0.357. The quantitative estimate of drug-likeness (QED) is 0.821. The lowest BCUT2D eigenvalue weighted by atomic mass is 9.96. The molecule has 90 valence electrons. The molecular weight excluding hydrogens is 214 g/mol. The Morgan fingerprint density at radius 3 is 2.88 bits per heavy atom. The fourth-order valence-electron chi connectivity index (χ4n) is 2.08. The van der Waals surface area contributed by atoms with E-state index in [1.165, 1.54) is 5.56 Å². The van der Waals surface area contributed by atoms with E-state index in [0.717, 1.165) is 28.5 Å². The molecule has 0 fully saturated rings. The lowest BCUT2D eigenvalue weighted by molar-refractivity contribution is -0.108. The minimum absolute atomic E-state index is 0.222. The second kappa shape index (κ2) is 4.62. The number of hydrogen-bond donors (Lipinski definition) is 1. The largest absolute Gasteiger partial charge is 0.495 e. The van der Waals surface area contributed by atoms with Gasteiger partial charge in [-0.1, -0.05) is 6.92 Å². The Morgan fingerprint density at radius 2 is 2.24 bits per heavy atom. The summed E-state index contributed by atoms with van der Waals surface area (Å²) in [6, 6.07) is 4.14. The number of aryl methyl sites for hydroxylation is 1. The van der Waals surface area contributed by atoms with Gasteiger partial charge in [0, 0.05) is 18.0 Å². The van der Waals surface area contributed by atoms with E-state index in [1.54, 1.807) is 7.11 Å². The topological polar surface area (TPSA) is 42.1 Å². The zero-order chi connectivity index (χ0) is 12.4. The van der Waals surface area contributed by atoms with E-state index in [9.17, 15) is 4.79 Å². The van der Waals surface area contributed by atoms with Crippen molar-refractivity contribution < 1.29 is 9.53 Å². The summed E-state index contributed by atoms with van der Waals surface area (Å²) < 4.78 is 5.39. The van der Waals surface area contributed by atoms with Gasteiger partial charge >= 0.3 is 0 Å². The number of hydrogen-bond acceptors (Lipinski definition) is 2. The van der Waals surface area contributed by atoms with Crippen molar-refractivity contribution in [3.63, 3.8) is 0 Å². The maximum Gasteiger partial charge on any atom is 0.143 e. The first-order valence-electron chi connectivity index (χ1n) is 5.76. The van der Waals surface area contributed by atoms with Crippen LogP contribution in [0.5, 0.6) is 5.75 Å². The normalized spacial score (nSPS) is 12.6. The summed E-state index contributed by atoms with van der Waals surface area (Å²) in [6.45, 7) is 4.11. The summed E-state index contributed by atoms with van der Waals surface area (Å²) >= 11 is 0. The Hall–Kier alpha value is -1.77. The first kappa shape index (κ1) is 11.7. The van der Waals surface area contributed by atoms with Crippen molar-refractivity contribution in [2.75, 3.05) is 7.11 Å². The number of carbonyl (C=O) groups excluding carboxylic acids is 1. The Bertz CT molecular complexity index is 542. The van der Waals surface area contributed by atoms with Crippen molar-refractivity contribution in [1.29, 1.82) is 0 Å². The molecule has 0 spiro atoms. The van der Waals surface area contributed by atoms with E-state index >= 15 is 0 Å². The Balaban J connectivity index is 2.58. The van der Waals surface area contributed by atoms with Gasteiger partial charge in [-0.15, -0.1) is 0 Å². The van der Waals surface area contributed by atoms with E-state index < -0.39 is 0 Å². The Morgan fingerprint density at radius 1 is 1.47 bits per heavy atom. The fourth-order valence-corrected chi connectivity index (χ4v) is 2.08. The summed E-state index contributed by atoms with van der Waals surface area (Å²) in [5.74, 6) is 1.06. The number of benzene rings is 1. The van der Waals surface area contributed by atoms with Crippen LogP contribution in [0.4, 0.5) is 0 Å². The van der Waals surface area contributed by atoms with E-state index in [4.69, 9.17) is 4.74 Å². The van der Waals surface area contributed by atoms with Gasteiger partial charge in [-0.2, -0.15) is 0 Å². The zero-order valence-corrected chi connectivity index (χ0v) is 10.4.